The maximum Gasteiger partial charge on any atom is 0.319 e. The highest BCUT2D eigenvalue weighted by atomic mass is 16.5. The number of rotatable bonds is 3. The van der Waals surface area contributed by atoms with Crippen molar-refractivity contribution in [2.24, 2.45) is 0 Å². The van der Waals surface area contributed by atoms with Crippen LogP contribution in [0.5, 0.6) is 5.75 Å². The van der Waals surface area contributed by atoms with Crippen molar-refractivity contribution in [2.75, 3.05) is 5.32 Å². The van der Waals surface area contributed by atoms with E-state index in [0.717, 1.165) is 0 Å². The zero-order valence-electron chi connectivity index (χ0n) is 16.4. The first kappa shape index (κ1) is 19.5. The summed E-state index contributed by atoms with van der Waals surface area (Å²) in [6.45, 7) is 3.48. The Morgan fingerprint density at radius 3 is 2.83 bits per heavy atom. The number of hydrogen-bond donors (Lipinski definition) is 3. The van der Waals surface area contributed by atoms with Crippen LogP contribution in [0, 0.1) is 11.3 Å². The number of carbonyl (C=O) groups is 1. The average Bonchev–Trinajstić information content (AvgIpc) is 3.26. The minimum Gasteiger partial charge on any atom is -0.485 e. The fourth-order valence-corrected chi connectivity index (χ4v) is 3.43. The summed E-state index contributed by atoms with van der Waals surface area (Å²) in [6, 6.07) is 12.8. The van der Waals surface area contributed by atoms with Crippen LogP contribution < -0.4 is 15.4 Å². The summed E-state index contributed by atoms with van der Waals surface area (Å²) in [5.74, 6) is 0.958. The van der Waals surface area contributed by atoms with E-state index in [2.05, 4.69) is 21.7 Å². The highest BCUT2D eigenvalue weighted by Crippen LogP contribution is 2.40. The maximum atomic E-state index is 12.7. The lowest BCUT2D eigenvalue weighted by atomic mass is 9.86. The van der Waals surface area contributed by atoms with Crippen molar-refractivity contribution in [1.29, 1.82) is 5.26 Å². The van der Waals surface area contributed by atoms with Crippen LogP contribution in [0.3, 0.4) is 0 Å². The number of urea groups is 1. The van der Waals surface area contributed by atoms with E-state index in [0.29, 0.717) is 34.0 Å². The van der Waals surface area contributed by atoms with Gasteiger partial charge in [0.2, 0.25) is 5.89 Å². The number of aliphatic hydroxyl groups excluding tert-OH is 1. The molecule has 1 aromatic heterocycles. The van der Waals surface area contributed by atoms with E-state index >= 15 is 0 Å². The summed E-state index contributed by atoms with van der Waals surface area (Å²) >= 11 is 0. The van der Waals surface area contributed by atoms with Crippen LogP contribution in [0.1, 0.15) is 31.0 Å². The molecule has 1 aliphatic rings. The van der Waals surface area contributed by atoms with Crippen molar-refractivity contribution in [3.8, 4) is 23.3 Å². The minimum atomic E-state index is -1.02. The first-order chi connectivity index (χ1) is 14.4. The van der Waals surface area contributed by atoms with Crippen LogP contribution in [0.4, 0.5) is 10.5 Å². The van der Waals surface area contributed by atoms with E-state index < -0.39 is 23.8 Å². The average molecular weight is 404 g/mol. The van der Waals surface area contributed by atoms with Crippen LogP contribution in [-0.2, 0) is 0 Å². The smallest absolute Gasteiger partial charge is 0.319 e. The Labute approximate surface area is 173 Å². The van der Waals surface area contributed by atoms with Gasteiger partial charge in [-0.05, 0) is 50.2 Å². The first-order valence-electron chi connectivity index (χ1n) is 9.36. The molecule has 2 unspecified atom stereocenters. The summed E-state index contributed by atoms with van der Waals surface area (Å²) in [5, 5.41) is 25.6. The van der Waals surface area contributed by atoms with Gasteiger partial charge in [-0.15, -0.1) is 0 Å². The molecule has 2 atom stereocenters. The zero-order chi connectivity index (χ0) is 21.3. The van der Waals surface area contributed by atoms with Gasteiger partial charge in [0.25, 0.3) is 0 Å². The molecule has 2 amide bonds. The molecule has 0 bridgehead atoms. The van der Waals surface area contributed by atoms with E-state index in [9.17, 15) is 15.2 Å². The molecule has 8 heteroatoms. The van der Waals surface area contributed by atoms with Crippen molar-refractivity contribution in [3.63, 3.8) is 0 Å². The third-order valence-electron chi connectivity index (χ3n) is 4.96. The highest BCUT2D eigenvalue weighted by molar-refractivity contribution is 5.90. The van der Waals surface area contributed by atoms with Gasteiger partial charge in [-0.25, -0.2) is 9.78 Å². The SMILES string of the molecule is CC1(C)Oc2ccc(C#N)cc2C(NC(=O)Nc2cccc(-c3ncco3)c2)C1O. The Hall–Kier alpha value is -3.83. The number of fused-ring (bicyclic) bond motifs is 1. The van der Waals surface area contributed by atoms with Crippen LogP contribution in [0.15, 0.2) is 59.3 Å². The Bertz CT molecular complexity index is 1120. The molecular weight excluding hydrogens is 384 g/mol. The van der Waals surface area contributed by atoms with Crippen molar-refractivity contribution < 1.29 is 19.1 Å². The molecule has 0 aliphatic carbocycles. The normalized spacial score (nSPS) is 19.1. The molecule has 0 radical (unpaired) electrons. The van der Waals surface area contributed by atoms with Crippen LogP contribution in [0.2, 0.25) is 0 Å². The molecule has 3 aromatic rings. The van der Waals surface area contributed by atoms with E-state index in [1.807, 2.05) is 6.07 Å². The monoisotopic (exact) mass is 404 g/mol. The number of nitriles is 1. The number of carbonyl (C=O) groups excluding carboxylic acids is 1. The van der Waals surface area contributed by atoms with E-state index in [1.165, 1.54) is 6.26 Å². The molecular formula is C22H20N4O4. The van der Waals surface area contributed by atoms with Gasteiger partial charge >= 0.3 is 6.03 Å². The highest BCUT2D eigenvalue weighted by Gasteiger charge is 2.43. The molecule has 0 saturated carbocycles. The molecule has 0 spiro atoms. The van der Waals surface area contributed by atoms with E-state index in [1.54, 1.807) is 56.4 Å². The Morgan fingerprint density at radius 1 is 1.27 bits per heavy atom. The second kappa shape index (κ2) is 7.54. The first-order valence-corrected chi connectivity index (χ1v) is 9.36. The van der Waals surface area contributed by atoms with Gasteiger partial charge in [0.05, 0.1) is 23.9 Å². The number of nitrogens with zero attached hydrogens (tertiary/aromatic N) is 2. The van der Waals surface area contributed by atoms with Crippen molar-refractivity contribution in [1.82, 2.24) is 10.3 Å². The molecule has 1 aliphatic heterocycles. The number of aliphatic hydroxyl groups is 1. The van der Waals surface area contributed by atoms with Crippen molar-refractivity contribution in [3.05, 3.63) is 66.1 Å². The standard InChI is InChI=1S/C22H20N4O4/c1-22(2)19(27)18(16-10-13(12-23)6-7-17(16)30-22)26-21(28)25-15-5-3-4-14(11-15)20-24-8-9-29-20/h3-11,18-19,27H,1-2H3,(H2,25,26,28). The lowest BCUT2D eigenvalue weighted by Gasteiger charge is -2.42. The van der Waals surface area contributed by atoms with Gasteiger partial charge in [0, 0.05) is 16.8 Å². The summed E-state index contributed by atoms with van der Waals surface area (Å²) < 4.78 is 11.2. The zero-order valence-corrected chi connectivity index (χ0v) is 16.4. The van der Waals surface area contributed by atoms with Gasteiger partial charge in [0.15, 0.2) is 0 Å². The predicted octanol–water partition coefficient (Wildman–Crippen LogP) is 3.61. The van der Waals surface area contributed by atoms with Crippen molar-refractivity contribution >= 4 is 11.7 Å². The van der Waals surface area contributed by atoms with E-state index in [4.69, 9.17) is 9.15 Å². The Morgan fingerprint density at radius 2 is 2.10 bits per heavy atom. The molecule has 4 rings (SSSR count). The molecule has 30 heavy (non-hydrogen) atoms. The second-order valence-corrected chi connectivity index (χ2v) is 7.51. The Kier molecular flexibility index (Phi) is 4.90. The number of benzene rings is 2. The maximum absolute atomic E-state index is 12.7. The number of anilines is 1. The lowest BCUT2D eigenvalue weighted by molar-refractivity contribution is -0.0618. The van der Waals surface area contributed by atoms with Crippen LogP contribution in [-0.4, -0.2) is 27.8 Å². The summed E-state index contributed by atoms with van der Waals surface area (Å²) in [6.07, 6.45) is 2.00. The largest absolute Gasteiger partial charge is 0.485 e. The lowest BCUT2D eigenvalue weighted by Crippen LogP contribution is -2.54. The van der Waals surface area contributed by atoms with Gasteiger partial charge in [-0.3, -0.25) is 0 Å². The molecule has 8 nitrogen and oxygen atoms in total. The molecule has 0 fully saturated rings. The third-order valence-corrected chi connectivity index (χ3v) is 4.96. The predicted molar refractivity (Wildman–Crippen MR) is 109 cm³/mol. The summed E-state index contributed by atoms with van der Waals surface area (Å²) in [4.78, 5) is 16.8. The fraction of sp³-hybridized carbons (Fsp3) is 0.227. The fourth-order valence-electron chi connectivity index (χ4n) is 3.43. The van der Waals surface area contributed by atoms with Crippen LogP contribution in [0.25, 0.3) is 11.5 Å². The Balaban J connectivity index is 1.57. The number of aromatic nitrogens is 1. The van der Waals surface area contributed by atoms with Crippen molar-refractivity contribution in [2.45, 2.75) is 31.6 Å². The summed E-state index contributed by atoms with van der Waals surface area (Å²) in [5.41, 5.74) is 1.29. The second-order valence-electron chi connectivity index (χ2n) is 7.51. The molecule has 0 saturated heterocycles. The van der Waals surface area contributed by atoms with Gasteiger partial charge in [0.1, 0.15) is 23.7 Å². The number of ether oxygens (including phenoxy) is 1. The number of oxazole rings is 1. The van der Waals surface area contributed by atoms with Crippen LogP contribution >= 0.6 is 0 Å². The molecule has 2 heterocycles. The number of hydrogen-bond acceptors (Lipinski definition) is 6. The topological polar surface area (TPSA) is 120 Å². The van der Waals surface area contributed by atoms with Gasteiger partial charge in [-0.1, -0.05) is 6.07 Å². The summed E-state index contributed by atoms with van der Waals surface area (Å²) in [7, 11) is 0. The van der Waals surface area contributed by atoms with Gasteiger partial charge in [-0.2, -0.15) is 5.26 Å². The third kappa shape index (κ3) is 3.71. The number of nitrogens with one attached hydrogen (secondary N) is 2. The molecule has 3 N–H and O–H groups in total. The van der Waals surface area contributed by atoms with E-state index in [-0.39, 0.29) is 0 Å². The quantitative estimate of drug-likeness (QED) is 0.613. The molecule has 2 aromatic carbocycles. The molecule has 152 valence electrons. The number of amides is 2. The van der Waals surface area contributed by atoms with Gasteiger partial charge < -0.3 is 24.9 Å². The minimum absolute atomic E-state index is 0.412.